The maximum Gasteiger partial charge on any atom is 0.341 e. The number of esters is 1. The second-order valence-corrected chi connectivity index (χ2v) is 4.36. The van der Waals surface area contributed by atoms with Crippen LogP contribution in [0.4, 0.5) is 5.69 Å². The number of aryl methyl sites for hydroxylation is 1. The second kappa shape index (κ2) is 5.80. The molecule has 0 amide bonds. The van der Waals surface area contributed by atoms with Crippen molar-refractivity contribution < 1.29 is 9.53 Å². The fourth-order valence-corrected chi connectivity index (χ4v) is 1.95. The summed E-state index contributed by atoms with van der Waals surface area (Å²) >= 11 is 1.50. The highest BCUT2D eigenvalue weighted by molar-refractivity contribution is 7.98. The second-order valence-electron chi connectivity index (χ2n) is 3.51. The smallest absolute Gasteiger partial charge is 0.341 e. The Balaban J connectivity index is 3.09. The third-order valence-electron chi connectivity index (χ3n) is 2.29. The first-order valence-corrected chi connectivity index (χ1v) is 6.44. The van der Waals surface area contributed by atoms with Gasteiger partial charge in [0.05, 0.1) is 17.9 Å². The van der Waals surface area contributed by atoms with Crippen LogP contribution in [-0.2, 0) is 4.74 Å². The zero-order valence-corrected chi connectivity index (χ0v) is 10.7. The van der Waals surface area contributed by atoms with Crippen LogP contribution in [0.2, 0.25) is 0 Å². The van der Waals surface area contributed by atoms with Gasteiger partial charge in [0.25, 0.3) is 0 Å². The van der Waals surface area contributed by atoms with E-state index in [-0.39, 0.29) is 5.97 Å². The van der Waals surface area contributed by atoms with Gasteiger partial charge in [-0.05, 0) is 31.2 Å². The van der Waals surface area contributed by atoms with Crippen molar-refractivity contribution in [3.05, 3.63) is 23.3 Å². The minimum atomic E-state index is -0.326. The largest absolute Gasteiger partial charge is 0.462 e. The predicted octanol–water partition coefficient (Wildman–Crippen LogP) is 2.87. The van der Waals surface area contributed by atoms with Crippen LogP contribution in [0.25, 0.3) is 0 Å². The molecule has 0 saturated heterocycles. The Morgan fingerprint density at radius 3 is 2.75 bits per heavy atom. The third-order valence-corrected chi connectivity index (χ3v) is 3.07. The van der Waals surface area contributed by atoms with Crippen molar-refractivity contribution in [2.45, 2.75) is 25.2 Å². The molecule has 16 heavy (non-hydrogen) atoms. The van der Waals surface area contributed by atoms with Gasteiger partial charge in [-0.1, -0.05) is 13.0 Å². The average Bonchev–Trinajstić information content (AvgIpc) is 2.29. The Bertz CT molecular complexity index is 391. The van der Waals surface area contributed by atoms with Gasteiger partial charge in [-0.15, -0.1) is 11.8 Å². The van der Waals surface area contributed by atoms with E-state index in [0.29, 0.717) is 17.9 Å². The molecule has 4 heteroatoms. The number of nitrogen functional groups attached to an aromatic ring is 1. The monoisotopic (exact) mass is 239 g/mol. The van der Waals surface area contributed by atoms with Crippen LogP contribution in [0.5, 0.6) is 0 Å². The molecule has 0 saturated carbocycles. The van der Waals surface area contributed by atoms with Gasteiger partial charge >= 0.3 is 5.97 Å². The molecule has 0 aromatic heterocycles. The highest BCUT2D eigenvalue weighted by Gasteiger charge is 2.17. The number of thioether (sulfide) groups is 1. The molecule has 0 heterocycles. The normalized spacial score (nSPS) is 10.2. The van der Waals surface area contributed by atoms with E-state index in [1.54, 1.807) is 0 Å². The zero-order valence-electron chi connectivity index (χ0n) is 9.87. The Morgan fingerprint density at radius 2 is 2.19 bits per heavy atom. The number of hydrogen-bond donors (Lipinski definition) is 1. The average molecular weight is 239 g/mol. The molecule has 0 aliphatic carbocycles. The lowest BCUT2D eigenvalue weighted by Crippen LogP contribution is -2.11. The number of nitrogens with two attached hydrogens (primary N) is 1. The third kappa shape index (κ3) is 2.70. The molecule has 0 fully saturated rings. The first kappa shape index (κ1) is 12.9. The minimum absolute atomic E-state index is 0.326. The van der Waals surface area contributed by atoms with Gasteiger partial charge in [-0.3, -0.25) is 0 Å². The van der Waals surface area contributed by atoms with Gasteiger partial charge in [0, 0.05) is 4.90 Å². The van der Waals surface area contributed by atoms with Crippen LogP contribution >= 0.6 is 11.8 Å². The Hall–Kier alpha value is -1.16. The van der Waals surface area contributed by atoms with Gasteiger partial charge < -0.3 is 10.5 Å². The molecule has 1 aromatic rings. The summed E-state index contributed by atoms with van der Waals surface area (Å²) in [7, 11) is 0. The Kier molecular flexibility index (Phi) is 4.68. The molecular weight excluding hydrogens is 222 g/mol. The molecule has 0 bridgehead atoms. The van der Waals surface area contributed by atoms with Gasteiger partial charge in [-0.25, -0.2) is 4.79 Å². The van der Waals surface area contributed by atoms with Gasteiger partial charge in [-0.2, -0.15) is 0 Å². The number of ether oxygens (including phenoxy) is 1. The van der Waals surface area contributed by atoms with Gasteiger partial charge in [0.2, 0.25) is 0 Å². The van der Waals surface area contributed by atoms with E-state index in [0.717, 1.165) is 16.9 Å². The number of rotatable bonds is 4. The molecular formula is C12H17NO2S. The molecule has 0 unspecified atom stereocenters. The molecule has 1 rings (SSSR count). The number of carbonyl (C=O) groups is 1. The lowest BCUT2D eigenvalue weighted by atomic mass is 10.1. The summed E-state index contributed by atoms with van der Waals surface area (Å²) in [5, 5.41) is 0. The summed E-state index contributed by atoms with van der Waals surface area (Å²) in [5.74, 6) is -0.326. The van der Waals surface area contributed by atoms with E-state index >= 15 is 0 Å². The number of carbonyl (C=O) groups excluding carboxylic acids is 1. The van der Waals surface area contributed by atoms with Crippen LogP contribution < -0.4 is 5.73 Å². The standard InChI is InChI=1S/C12H17NO2S/c1-4-7-15-12(14)10-9(16-3)6-5-8(2)11(10)13/h5-6H,4,7,13H2,1-3H3. The number of anilines is 1. The first-order valence-electron chi connectivity index (χ1n) is 5.22. The lowest BCUT2D eigenvalue weighted by Gasteiger charge is -2.12. The highest BCUT2D eigenvalue weighted by Crippen LogP contribution is 2.28. The molecule has 88 valence electrons. The van der Waals surface area contributed by atoms with E-state index in [1.807, 2.05) is 32.2 Å². The summed E-state index contributed by atoms with van der Waals surface area (Å²) < 4.78 is 5.12. The molecule has 0 atom stereocenters. The molecule has 0 aliphatic heterocycles. The van der Waals surface area contributed by atoms with E-state index in [4.69, 9.17) is 10.5 Å². The summed E-state index contributed by atoms with van der Waals surface area (Å²) in [6.07, 6.45) is 2.73. The Morgan fingerprint density at radius 1 is 1.50 bits per heavy atom. The highest BCUT2D eigenvalue weighted by atomic mass is 32.2. The summed E-state index contributed by atoms with van der Waals surface area (Å²) in [5.41, 5.74) is 7.84. The molecule has 3 nitrogen and oxygen atoms in total. The lowest BCUT2D eigenvalue weighted by molar-refractivity contribution is 0.0502. The SMILES string of the molecule is CCCOC(=O)c1c(SC)ccc(C)c1N. The molecule has 0 radical (unpaired) electrons. The summed E-state index contributed by atoms with van der Waals surface area (Å²) in [4.78, 5) is 12.7. The van der Waals surface area contributed by atoms with Crippen molar-refractivity contribution in [3.8, 4) is 0 Å². The summed E-state index contributed by atoms with van der Waals surface area (Å²) in [6.45, 7) is 4.28. The molecule has 0 aliphatic rings. The van der Waals surface area contributed by atoms with Gasteiger partial charge in [0.1, 0.15) is 0 Å². The maximum absolute atomic E-state index is 11.8. The Labute approximate surface area is 100 Å². The quantitative estimate of drug-likeness (QED) is 0.498. The number of hydrogen-bond acceptors (Lipinski definition) is 4. The maximum atomic E-state index is 11.8. The van der Waals surface area contributed by atoms with E-state index in [2.05, 4.69) is 0 Å². The topological polar surface area (TPSA) is 52.3 Å². The van der Waals surface area contributed by atoms with Crippen molar-refractivity contribution in [1.29, 1.82) is 0 Å². The predicted molar refractivity (Wildman–Crippen MR) is 67.9 cm³/mol. The molecule has 2 N–H and O–H groups in total. The van der Waals surface area contributed by atoms with Gasteiger partial charge in [0.15, 0.2) is 0 Å². The minimum Gasteiger partial charge on any atom is -0.462 e. The first-order chi connectivity index (χ1) is 7.61. The van der Waals surface area contributed by atoms with Crippen LogP contribution in [0, 0.1) is 6.92 Å². The van der Waals surface area contributed by atoms with Crippen LogP contribution in [0.15, 0.2) is 17.0 Å². The van der Waals surface area contributed by atoms with E-state index < -0.39 is 0 Å². The fraction of sp³-hybridized carbons (Fsp3) is 0.417. The zero-order chi connectivity index (χ0) is 12.1. The van der Waals surface area contributed by atoms with Crippen molar-refractivity contribution in [3.63, 3.8) is 0 Å². The van der Waals surface area contributed by atoms with E-state index in [9.17, 15) is 4.79 Å². The van der Waals surface area contributed by atoms with Crippen LogP contribution in [-0.4, -0.2) is 18.8 Å². The van der Waals surface area contributed by atoms with Crippen molar-refractivity contribution in [1.82, 2.24) is 0 Å². The van der Waals surface area contributed by atoms with E-state index in [1.165, 1.54) is 11.8 Å². The fourth-order valence-electron chi connectivity index (χ4n) is 1.35. The molecule has 0 spiro atoms. The summed E-state index contributed by atoms with van der Waals surface area (Å²) in [6, 6.07) is 3.82. The van der Waals surface area contributed by atoms with Crippen LogP contribution in [0.1, 0.15) is 29.3 Å². The van der Waals surface area contributed by atoms with Crippen LogP contribution in [0.3, 0.4) is 0 Å². The number of benzene rings is 1. The van der Waals surface area contributed by atoms with Crippen molar-refractivity contribution in [2.24, 2.45) is 0 Å². The molecule has 1 aromatic carbocycles. The van der Waals surface area contributed by atoms with Crippen molar-refractivity contribution >= 4 is 23.4 Å². The van der Waals surface area contributed by atoms with Crippen molar-refractivity contribution in [2.75, 3.05) is 18.6 Å².